The Labute approximate surface area is 118 Å². The molecule has 0 saturated carbocycles. The summed E-state index contributed by atoms with van der Waals surface area (Å²) in [7, 11) is 0. The lowest BCUT2D eigenvalue weighted by Crippen LogP contribution is -2.37. The van der Waals surface area contributed by atoms with Crippen LogP contribution in [0.2, 0.25) is 0 Å². The van der Waals surface area contributed by atoms with Crippen LogP contribution in [-0.4, -0.2) is 23.6 Å². The lowest BCUT2D eigenvalue weighted by Gasteiger charge is -2.10. The van der Waals surface area contributed by atoms with E-state index in [1.165, 1.54) is 6.92 Å². The van der Waals surface area contributed by atoms with Crippen LogP contribution in [0.15, 0.2) is 30.5 Å². The van der Waals surface area contributed by atoms with Crippen LogP contribution < -0.4 is 5.32 Å². The highest BCUT2D eigenvalue weighted by Crippen LogP contribution is 2.22. The number of nitrogens with zero attached hydrogens (tertiary/aromatic N) is 1. The van der Waals surface area contributed by atoms with Crippen molar-refractivity contribution in [3.8, 4) is 0 Å². The molecule has 94 valence electrons. The summed E-state index contributed by atoms with van der Waals surface area (Å²) in [6.45, 7) is 1.59. The average molecular weight is 358 g/mol. The van der Waals surface area contributed by atoms with Gasteiger partial charge in [0.25, 0.3) is 0 Å². The van der Waals surface area contributed by atoms with Gasteiger partial charge in [-0.3, -0.25) is 14.9 Å². The predicted molar refractivity (Wildman–Crippen MR) is 74.1 cm³/mol. The van der Waals surface area contributed by atoms with Crippen LogP contribution in [-0.2, 0) is 9.63 Å². The van der Waals surface area contributed by atoms with E-state index in [-0.39, 0.29) is 0 Å². The van der Waals surface area contributed by atoms with Crippen molar-refractivity contribution in [2.45, 2.75) is 6.92 Å². The molecular formula is C12H11IN2O3. The summed E-state index contributed by atoms with van der Waals surface area (Å²) in [5.41, 5.74) is 1.89. The molecule has 3 amide bonds. The summed E-state index contributed by atoms with van der Waals surface area (Å²) >= 11 is 2.22. The average Bonchev–Trinajstić information content (AvgIpc) is 2.78. The fourth-order valence-corrected chi connectivity index (χ4v) is 1.86. The van der Waals surface area contributed by atoms with Gasteiger partial charge < -0.3 is 0 Å². The Hall–Kier alpha value is -1.41. The molecule has 1 heterocycles. The summed E-state index contributed by atoms with van der Waals surface area (Å²) in [6.07, 6.45) is 1.58. The topological polar surface area (TPSA) is 58.6 Å². The van der Waals surface area contributed by atoms with Gasteiger partial charge in [0, 0.05) is 22.3 Å². The first-order valence-electron chi connectivity index (χ1n) is 5.26. The SMILES string of the molecule is CC(=O)NC(=O)N1C=C(c2ccc(I)cc2)CO1. The minimum absolute atomic E-state index is 0.311. The number of benzene rings is 1. The summed E-state index contributed by atoms with van der Waals surface area (Å²) in [6, 6.07) is 7.31. The third kappa shape index (κ3) is 3.08. The summed E-state index contributed by atoms with van der Waals surface area (Å²) < 4.78 is 1.14. The zero-order valence-corrected chi connectivity index (χ0v) is 11.8. The molecule has 5 nitrogen and oxygen atoms in total. The molecule has 0 unspecified atom stereocenters. The number of amides is 3. The van der Waals surface area contributed by atoms with Gasteiger partial charge in [-0.2, -0.15) is 5.06 Å². The number of nitrogens with one attached hydrogen (secondary N) is 1. The number of urea groups is 1. The van der Waals surface area contributed by atoms with Crippen molar-refractivity contribution in [3.63, 3.8) is 0 Å². The number of imide groups is 1. The second-order valence-corrected chi connectivity index (χ2v) is 4.99. The Kier molecular flexibility index (Phi) is 3.97. The van der Waals surface area contributed by atoms with Crippen LogP contribution >= 0.6 is 22.6 Å². The second-order valence-electron chi connectivity index (χ2n) is 3.75. The molecule has 1 N–H and O–H groups in total. The molecule has 1 aliphatic rings. The maximum Gasteiger partial charge on any atom is 0.352 e. The number of halogens is 1. The molecule has 0 saturated heterocycles. The van der Waals surface area contributed by atoms with E-state index in [0.717, 1.165) is 19.8 Å². The van der Waals surface area contributed by atoms with Crippen molar-refractivity contribution in [2.75, 3.05) is 6.61 Å². The van der Waals surface area contributed by atoms with Gasteiger partial charge in [0.2, 0.25) is 5.91 Å². The molecule has 0 bridgehead atoms. The zero-order chi connectivity index (χ0) is 13.1. The number of carbonyl (C=O) groups excluding carboxylic acids is 2. The van der Waals surface area contributed by atoms with E-state index in [1.54, 1.807) is 6.20 Å². The van der Waals surface area contributed by atoms with Crippen LogP contribution in [0.1, 0.15) is 12.5 Å². The van der Waals surface area contributed by atoms with Gasteiger partial charge in [0.15, 0.2) is 0 Å². The molecule has 0 radical (unpaired) electrons. The normalized spacial score (nSPS) is 14.3. The zero-order valence-electron chi connectivity index (χ0n) is 9.64. The predicted octanol–water partition coefficient (Wildman–Crippen LogP) is 2.14. The van der Waals surface area contributed by atoms with Crippen molar-refractivity contribution < 1.29 is 14.4 Å². The van der Waals surface area contributed by atoms with Crippen LogP contribution in [0.3, 0.4) is 0 Å². The molecule has 6 heteroatoms. The summed E-state index contributed by atoms with van der Waals surface area (Å²) in [5, 5.41) is 3.18. The quantitative estimate of drug-likeness (QED) is 0.783. The molecule has 0 spiro atoms. The van der Waals surface area contributed by atoms with Gasteiger partial charge in [-0.15, -0.1) is 0 Å². The van der Waals surface area contributed by atoms with Crippen molar-refractivity contribution in [3.05, 3.63) is 39.6 Å². The van der Waals surface area contributed by atoms with Crippen LogP contribution in [0, 0.1) is 3.57 Å². The minimum atomic E-state index is -0.581. The highest BCUT2D eigenvalue weighted by Gasteiger charge is 2.21. The molecule has 0 fully saturated rings. The van der Waals surface area contributed by atoms with Gasteiger partial charge in [-0.25, -0.2) is 4.79 Å². The number of hydroxylamine groups is 2. The molecule has 1 aliphatic heterocycles. The first kappa shape index (κ1) is 13.0. The highest BCUT2D eigenvalue weighted by atomic mass is 127. The Morgan fingerprint density at radius 1 is 1.33 bits per heavy atom. The Bertz CT molecular complexity index is 511. The van der Waals surface area contributed by atoms with Crippen LogP contribution in [0.25, 0.3) is 5.57 Å². The van der Waals surface area contributed by atoms with Crippen LogP contribution in [0.5, 0.6) is 0 Å². The van der Waals surface area contributed by atoms with Gasteiger partial charge in [-0.05, 0) is 40.3 Å². The summed E-state index contributed by atoms with van der Waals surface area (Å²) in [4.78, 5) is 27.5. The fraction of sp³-hybridized carbons (Fsp3) is 0.167. The molecular weight excluding hydrogens is 347 g/mol. The third-order valence-corrected chi connectivity index (χ3v) is 3.05. The van der Waals surface area contributed by atoms with E-state index in [4.69, 9.17) is 4.84 Å². The van der Waals surface area contributed by atoms with Crippen LogP contribution in [0.4, 0.5) is 4.79 Å². The maximum atomic E-state index is 11.5. The van der Waals surface area contributed by atoms with Gasteiger partial charge in [0.1, 0.15) is 6.61 Å². The smallest absolute Gasteiger partial charge is 0.276 e. The first-order valence-corrected chi connectivity index (χ1v) is 6.34. The lowest BCUT2D eigenvalue weighted by molar-refractivity contribution is -0.119. The van der Waals surface area contributed by atoms with E-state index in [0.29, 0.717) is 6.61 Å². The molecule has 1 aromatic rings. The third-order valence-electron chi connectivity index (χ3n) is 2.33. The van der Waals surface area contributed by atoms with E-state index in [2.05, 4.69) is 27.9 Å². The highest BCUT2D eigenvalue weighted by molar-refractivity contribution is 14.1. The van der Waals surface area contributed by atoms with Crippen molar-refractivity contribution in [1.82, 2.24) is 10.4 Å². The fourth-order valence-electron chi connectivity index (χ4n) is 1.50. The number of rotatable bonds is 1. The monoisotopic (exact) mass is 358 g/mol. The number of hydrogen-bond acceptors (Lipinski definition) is 3. The molecule has 1 aromatic carbocycles. The Morgan fingerprint density at radius 2 is 2.00 bits per heavy atom. The van der Waals surface area contributed by atoms with E-state index in [1.807, 2.05) is 24.3 Å². The molecule has 0 atom stereocenters. The van der Waals surface area contributed by atoms with E-state index < -0.39 is 11.9 Å². The van der Waals surface area contributed by atoms with E-state index in [9.17, 15) is 9.59 Å². The lowest BCUT2D eigenvalue weighted by atomic mass is 10.1. The Morgan fingerprint density at radius 3 is 2.61 bits per heavy atom. The number of hydrogen-bond donors (Lipinski definition) is 1. The number of carbonyl (C=O) groups is 2. The van der Waals surface area contributed by atoms with Crippen molar-refractivity contribution in [2.24, 2.45) is 0 Å². The standard InChI is InChI=1S/C12H11IN2O3/c1-8(16)14-12(17)15-6-10(7-18-15)9-2-4-11(13)5-3-9/h2-6H,7H2,1H3,(H,14,16,17). The van der Waals surface area contributed by atoms with Crippen molar-refractivity contribution >= 4 is 40.1 Å². The van der Waals surface area contributed by atoms with Gasteiger partial charge >= 0.3 is 6.03 Å². The molecule has 0 aliphatic carbocycles. The van der Waals surface area contributed by atoms with E-state index >= 15 is 0 Å². The molecule has 2 rings (SSSR count). The maximum absolute atomic E-state index is 11.5. The summed E-state index contributed by atoms with van der Waals surface area (Å²) in [5.74, 6) is -0.417. The first-order chi connectivity index (χ1) is 8.56. The van der Waals surface area contributed by atoms with Gasteiger partial charge in [-0.1, -0.05) is 12.1 Å². The Balaban J connectivity index is 2.10. The molecule has 18 heavy (non-hydrogen) atoms. The largest absolute Gasteiger partial charge is 0.352 e. The molecule has 0 aromatic heterocycles. The van der Waals surface area contributed by atoms with Gasteiger partial charge in [0.05, 0.1) is 0 Å². The second kappa shape index (κ2) is 5.49. The van der Waals surface area contributed by atoms with Crippen molar-refractivity contribution in [1.29, 1.82) is 0 Å². The minimum Gasteiger partial charge on any atom is -0.276 e.